The lowest BCUT2D eigenvalue weighted by Gasteiger charge is -2.16. The Kier molecular flexibility index (Phi) is 4.98. The largest absolute Gasteiger partial charge is 0.497 e. The van der Waals surface area contributed by atoms with E-state index < -0.39 is 0 Å². The van der Waals surface area contributed by atoms with E-state index in [0.29, 0.717) is 23.6 Å². The number of Topliss-reactive ketones (excluding diaryl/α,β-unsaturated/α-hetero) is 1. The van der Waals surface area contributed by atoms with Crippen LogP contribution < -0.4 is 25.1 Å². The first-order valence-electron chi connectivity index (χ1n) is 8.88. The Morgan fingerprint density at radius 2 is 2.00 bits per heavy atom. The summed E-state index contributed by atoms with van der Waals surface area (Å²) < 4.78 is 15.8. The number of hydrogen-bond acceptors (Lipinski definition) is 7. The number of benzene rings is 2. The zero-order valence-electron chi connectivity index (χ0n) is 15.3. The van der Waals surface area contributed by atoms with Crippen molar-refractivity contribution in [1.82, 2.24) is 10.9 Å². The molecule has 0 amide bonds. The van der Waals surface area contributed by atoms with Crippen molar-refractivity contribution < 1.29 is 19.0 Å². The van der Waals surface area contributed by atoms with Crippen LogP contribution in [0.4, 0.5) is 0 Å². The van der Waals surface area contributed by atoms with Crippen LogP contribution >= 0.6 is 0 Å². The third kappa shape index (κ3) is 3.43. The van der Waals surface area contributed by atoms with Gasteiger partial charge in [0.15, 0.2) is 11.5 Å². The maximum Gasteiger partial charge on any atom is 0.231 e. The average molecular weight is 377 g/mol. The number of hydrazine groups is 1. The Balaban J connectivity index is 1.57. The summed E-state index contributed by atoms with van der Waals surface area (Å²) in [6, 6.07) is 14.6. The standard InChI is InChI=1S/C21H19N3O4/c1-26-17-5-2-13(3-6-17)20-16(11-23-24-20)8-15(10-22)21(25)14-4-7-18-19(9-14)28-12-27-18/h2-9,16,20,23-24H,11-12H2,1H3/b15-8+. The number of methoxy groups -OCH3 is 1. The molecule has 0 bridgehead atoms. The molecule has 2 aromatic rings. The molecule has 1 saturated heterocycles. The number of nitrogens with zero attached hydrogens (tertiary/aromatic N) is 1. The number of carbonyl (C=O) groups is 1. The molecule has 0 spiro atoms. The van der Waals surface area contributed by atoms with Gasteiger partial charge in [-0.05, 0) is 35.9 Å². The van der Waals surface area contributed by atoms with Gasteiger partial charge in [-0.25, -0.2) is 5.43 Å². The number of rotatable bonds is 5. The summed E-state index contributed by atoms with van der Waals surface area (Å²) in [5.74, 6) is 1.51. The highest BCUT2D eigenvalue weighted by Crippen LogP contribution is 2.33. The minimum Gasteiger partial charge on any atom is -0.497 e. The molecule has 2 aliphatic heterocycles. The first kappa shape index (κ1) is 18.0. The van der Waals surface area contributed by atoms with Crippen molar-refractivity contribution in [2.24, 2.45) is 5.92 Å². The Hall–Kier alpha value is -3.34. The van der Waals surface area contributed by atoms with Crippen LogP contribution in [0.5, 0.6) is 17.2 Å². The monoisotopic (exact) mass is 377 g/mol. The molecule has 2 unspecified atom stereocenters. The van der Waals surface area contributed by atoms with Gasteiger partial charge in [-0.1, -0.05) is 18.2 Å². The van der Waals surface area contributed by atoms with E-state index in [2.05, 4.69) is 10.9 Å². The Morgan fingerprint density at radius 3 is 2.75 bits per heavy atom. The molecule has 1 fully saturated rings. The third-order valence-corrected chi connectivity index (χ3v) is 4.88. The molecule has 0 saturated carbocycles. The molecule has 142 valence electrons. The first-order chi connectivity index (χ1) is 13.7. The number of nitrogens with one attached hydrogen (secondary N) is 2. The van der Waals surface area contributed by atoms with Crippen LogP contribution in [-0.4, -0.2) is 26.2 Å². The van der Waals surface area contributed by atoms with Gasteiger partial charge in [0.05, 0.1) is 18.7 Å². The van der Waals surface area contributed by atoms with E-state index in [1.54, 1.807) is 31.4 Å². The molecule has 7 nitrogen and oxygen atoms in total. The van der Waals surface area contributed by atoms with Crippen molar-refractivity contribution in [2.75, 3.05) is 20.4 Å². The predicted octanol–water partition coefficient (Wildman–Crippen LogP) is 2.52. The van der Waals surface area contributed by atoms with Gasteiger partial charge in [0.2, 0.25) is 12.6 Å². The van der Waals surface area contributed by atoms with Crippen LogP contribution in [0.3, 0.4) is 0 Å². The minimum absolute atomic E-state index is 0.0546. The van der Waals surface area contributed by atoms with Crippen LogP contribution in [0.25, 0.3) is 0 Å². The zero-order chi connectivity index (χ0) is 19.5. The summed E-state index contributed by atoms with van der Waals surface area (Å²) in [5.41, 5.74) is 7.86. The molecular weight excluding hydrogens is 358 g/mol. The van der Waals surface area contributed by atoms with E-state index in [1.807, 2.05) is 30.3 Å². The lowest BCUT2D eigenvalue weighted by Crippen LogP contribution is -2.24. The van der Waals surface area contributed by atoms with Crippen LogP contribution in [-0.2, 0) is 0 Å². The second-order valence-corrected chi connectivity index (χ2v) is 6.53. The molecular formula is C21H19N3O4. The number of ketones is 1. The highest BCUT2D eigenvalue weighted by atomic mass is 16.7. The van der Waals surface area contributed by atoms with Gasteiger partial charge in [0.25, 0.3) is 0 Å². The lowest BCUT2D eigenvalue weighted by molar-refractivity contribution is 0.103. The quantitative estimate of drug-likeness (QED) is 0.470. The van der Waals surface area contributed by atoms with Gasteiger partial charge < -0.3 is 14.2 Å². The van der Waals surface area contributed by atoms with E-state index in [0.717, 1.165) is 11.3 Å². The van der Waals surface area contributed by atoms with Crippen molar-refractivity contribution in [3.63, 3.8) is 0 Å². The van der Waals surface area contributed by atoms with E-state index in [-0.39, 0.29) is 30.1 Å². The number of allylic oxidation sites excluding steroid dienone is 1. The van der Waals surface area contributed by atoms with E-state index in [4.69, 9.17) is 14.2 Å². The molecule has 0 radical (unpaired) electrons. The second kappa shape index (κ2) is 7.72. The molecule has 2 atom stereocenters. The van der Waals surface area contributed by atoms with Gasteiger partial charge in [-0.2, -0.15) is 5.26 Å². The summed E-state index contributed by atoms with van der Waals surface area (Å²) in [4.78, 5) is 12.8. The summed E-state index contributed by atoms with van der Waals surface area (Å²) in [6.45, 7) is 0.743. The predicted molar refractivity (Wildman–Crippen MR) is 101 cm³/mol. The first-order valence-corrected chi connectivity index (χ1v) is 8.88. The highest BCUT2D eigenvalue weighted by molar-refractivity contribution is 6.11. The van der Waals surface area contributed by atoms with Crippen molar-refractivity contribution in [3.05, 3.63) is 65.2 Å². The average Bonchev–Trinajstić information content (AvgIpc) is 3.40. The van der Waals surface area contributed by atoms with Crippen molar-refractivity contribution in [2.45, 2.75) is 6.04 Å². The number of ether oxygens (including phenoxy) is 3. The van der Waals surface area contributed by atoms with Crippen LogP contribution in [0.15, 0.2) is 54.1 Å². The molecule has 2 N–H and O–H groups in total. The molecule has 0 aromatic heterocycles. The Labute approximate surface area is 162 Å². The van der Waals surface area contributed by atoms with Crippen LogP contribution in [0, 0.1) is 17.2 Å². The molecule has 2 heterocycles. The summed E-state index contributed by atoms with van der Waals surface area (Å²) in [6.07, 6.45) is 1.73. The number of fused-ring (bicyclic) bond motifs is 1. The Morgan fingerprint density at radius 1 is 1.21 bits per heavy atom. The maximum absolute atomic E-state index is 12.8. The number of nitriles is 1. The second-order valence-electron chi connectivity index (χ2n) is 6.53. The number of hydrogen-bond donors (Lipinski definition) is 2. The number of carbonyl (C=O) groups excluding carboxylic acids is 1. The van der Waals surface area contributed by atoms with Gasteiger partial charge >= 0.3 is 0 Å². The third-order valence-electron chi connectivity index (χ3n) is 4.88. The van der Waals surface area contributed by atoms with Gasteiger partial charge in [0.1, 0.15) is 11.8 Å². The fourth-order valence-corrected chi connectivity index (χ4v) is 3.38. The topological polar surface area (TPSA) is 92.6 Å². The normalized spacial score (nSPS) is 20.6. The minimum atomic E-state index is -0.332. The van der Waals surface area contributed by atoms with E-state index >= 15 is 0 Å². The van der Waals surface area contributed by atoms with Crippen LogP contribution in [0.2, 0.25) is 0 Å². The maximum atomic E-state index is 12.8. The van der Waals surface area contributed by atoms with Gasteiger partial charge in [-0.3, -0.25) is 10.2 Å². The van der Waals surface area contributed by atoms with E-state index in [9.17, 15) is 10.1 Å². The fourth-order valence-electron chi connectivity index (χ4n) is 3.38. The molecule has 0 aliphatic carbocycles. The van der Waals surface area contributed by atoms with E-state index in [1.165, 1.54) is 0 Å². The summed E-state index contributed by atoms with van der Waals surface area (Å²) in [7, 11) is 1.62. The van der Waals surface area contributed by atoms with Crippen molar-refractivity contribution >= 4 is 5.78 Å². The smallest absolute Gasteiger partial charge is 0.231 e. The highest BCUT2D eigenvalue weighted by Gasteiger charge is 2.28. The molecule has 2 aliphatic rings. The van der Waals surface area contributed by atoms with Crippen LogP contribution in [0.1, 0.15) is 22.0 Å². The summed E-state index contributed by atoms with van der Waals surface area (Å²) >= 11 is 0. The van der Waals surface area contributed by atoms with Gasteiger partial charge in [-0.15, -0.1) is 0 Å². The van der Waals surface area contributed by atoms with Crippen molar-refractivity contribution in [1.29, 1.82) is 5.26 Å². The van der Waals surface area contributed by atoms with Crippen molar-refractivity contribution in [3.8, 4) is 23.3 Å². The lowest BCUT2D eigenvalue weighted by atomic mass is 9.91. The zero-order valence-corrected chi connectivity index (χ0v) is 15.3. The molecule has 2 aromatic carbocycles. The van der Waals surface area contributed by atoms with Gasteiger partial charge in [0, 0.05) is 18.0 Å². The molecule has 7 heteroatoms. The Bertz CT molecular complexity index is 963. The summed E-state index contributed by atoms with van der Waals surface area (Å²) in [5, 5.41) is 9.58. The molecule has 28 heavy (non-hydrogen) atoms. The fraction of sp³-hybridized carbons (Fsp3) is 0.238. The SMILES string of the molecule is COc1ccc(C2NNCC2/C=C(\C#N)C(=O)c2ccc3c(c2)OCO3)cc1. The molecule has 4 rings (SSSR count).